The minimum absolute atomic E-state index is 0.154. The summed E-state index contributed by atoms with van der Waals surface area (Å²) in [7, 11) is 4.30. The first-order valence-corrected chi connectivity index (χ1v) is 8.42. The van der Waals surface area contributed by atoms with Crippen LogP contribution in [0.25, 0.3) is 0 Å². The quantitative estimate of drug-likeness (QED) is 0.526. The second-order valence-corrected chi connectivity index (χ2v) is 6.48. The molecule has 0 heterocycles. The molecule has 2 atom stereocenters. The van der Waals surface area contributed by atoms with Crippen molar-refractivity contribution in [3.8, 4) is 0 Å². The van der Waals surface area contributed by atoms with E-state index in [4.69, 9.17) is 5.73 Å². The maximum Gasteiger partial charge on any atom is 0.0323 e. The molecule has 19 heavy (non-hydrogen) atoms. The number of nitrogens with two attached hydrogens (primary N) is 1. The molecule has 0 amide bonds. The van der Waals surface area contributed by atoms with Gasteiger partial charge in [-0.2, -0.15) is 0 Å². The molecule has 0 aromatic heterocycles. The zero-order valence-electron chi connectivity index (χ0n) is 14.2. The fraction of sp³-hybridized carbons (Fsp3) is 1.00. The molecular formula is C17H38N2. The Bertz CT molecular complexity index is 203. The number of hydrogen-bond acceptors (Lipinski definition) is 2. The van der Waals surface area contributed by atoms with E-state index in [9.17, 15) is 0 Å². The Hall–Kier alpha value is -0.0800. The van der Waals surface area contributed by atoms with Crippen LogP contribution in [0.5, 0.6) is 0 Å². The van der Waals surface area contributed by atoms with Crippen molar-refractivity contribution in [3.63, 3.8) is 0 Å². The largest absolute Gasteiger partial charge is 0.326 e. The highest BCUT2D eigenvalue weighted by molar-refractivity contribution is 4.91. The molecule has 0 spiro atoms. The molecule has 0 bridgehead atoms. The first-order chi connectivity index (χ1) is 8.99. The molecular weight excluding hydrogens is 232 g/mol. The molecule has 0 aromatic carbocycles. The summed E-state index contributed by atoms with van der Waals surface area (Å²) in [5.41, 5.74) is 6.56. The Kier molecular flexibility index (Phi) is 10.6. The summed E-state index contributed by atoms with van der Waals surface area (Å²) in [6.07, 6.45) is 13.3. The van der Waals surface area contributed by atoms with Gasteiger partial charge in [-0.05, 0) is 33.9 Å². The van der Waals surface area contributed by atoms with E-state index < -0.39 is 0 Å². The fourth-order valence-electron chi connectivity index (χ4n) is 2.72. The predicted octanol–water partition coefficient (Wildman–Crippen LogP) is 4.57. The third-order valence-corrected chi connectivity index (χ3v) is 4.90. The Balaban J connectivity index is 3.65. The molecule has 2 nitrogen and oxygen atoms in total. The fourth-order valence-corrected chi connectivity index (χ4v) is 2.72. The van der Waals surface area contributed by atoms with Gasteiger partial charge >= 0.3 is 0 Å². The van der Waals surface area contributed by atoms with Gasteiger partial charge in [0.2, 0.25) is 0 Å². The van der Waals surface area contributed by atoms with Gasteiger partial charge in [0.15, 0.2) is 0 Å². The second kappa shape index (κ2) is 10.7. The van der Waals surface area contributed by atoms with Gasteiger partial charge in [-0.3, -0.25) is 0 Å². The van der Waals surface area contributed by atoms with Crippen LogP contribution >= 0.6 is 0 Å². The number of rotatable bonds is 12. The molecule has 0 fully saturated rings. The minimum Gasteiger partial charge on any atom is -0.326 e. The summed E-state index contributed by atoms with van der Waals surface area (Å²) in [6.45, 7) is 6.81. The lowest BCUT2D eigenvalue weighted by molar-refractivity contribution is 0.125. The first kappa shape index (κ1) is 18.9. The summed E-state index contributed by atoms with van der Waals surface area (Å²) in [5.74, 6) is 0. The number of likely N-dealkylation sites (N-methyl/N-ethyl adjacent to an activating group) is 1. The molecule has 0 aliphatic heterocycles. The van der Waals surface area contributed by atoms with Crippen molar-refractivity contribution in [2.45, 2.75) is 96.6 Å². The average molecular weight is 271 g/mol. The summed E-state index contributed by atoms with van der Waals surface area (Å²) < 4.78 is 0. The molecule has 0 saturated heterocycles. The molecule has 2 heteroatoms. The lowest BCUT2D eigenvalue weighted by atomic mass is 9.85. The van der Waals surface area contributed by atoms with Crippen LogP contribution in [0.2, 0.25) is 0 Å². The number of hydrogen-bond donors (Lipinski definition) is 1. The zero-order chi connectivity index (χ0) is 14.7. The van der Waals surface area contributed by atoms with E-state index >= 15 is 0 Å². The number of unbranched alkanes of at least 4 members (excludes halogenated alkanes) is 7. The highest BCUT2D eigenvalue weighted by Gasteiger charge is 2.31. The van der Waals surface area contributed by atoms with Crippen molar-refractivity contribution in [3.05, 3.63) is 0 Å². The Labute approximate surface area is 122 Å². The molecule has 0 saturated carbocycles. The summed E-state index contributed by atoms with van der Waals surface area (Å²) in [5, 5.41) is 0. The van der Waals surface area contributed by atoms with Crippen molar-refractivity contribution < 1.29 is 0 Å². The Morgan fingerprint density at radius 3 is 1.79 bits per heavy atom. The molecule has 116 valence electrons. The van der Waals surface area contributed by atoms with Gasteiger partial charge in [-0.25, -0.2) is 0 Å². The third kappa shape index (κ3) is 7.31. The van der Waals surface area contributed by atoms with Gasteiger partial charge in [-0.15, -0.1) is 0 Å². The maximum atomic E-state index is 6.40. The van der Waals surface area contributed by atoms with Gasteiger partial charge in [0, 0.05) is 11.6 Å². The Morgan fingerprint density at radius 1 is 0.895 bits per heavy atom. The van der Waals surface area contributed by atoms with Gasteiger partial charge in [0.1, 0.15) is 0 Å². The lowest BCUT2D eigenvalue weighted by Crippen LogP contribution is -2.54. The average Bonchev–Trinajstić information content (AvgIpc) is 2.40. The van der Waals surface area contributed by atoms with Gasteiger partial charge < -0.3 is 10.6 Å². The van der Waals surface area contributed by atoms with Crippen LogP contribution in [0.15, 0.2) is 0 Å². The smallest absolute Gasteiger partial charge is 0.0323 e. The Morgan fingerprint density at radius 2 is 1.37 bits per heavy atom. The second-order valence-electron chi connectivity index (χ2n) is 6.48. The summed E-state index contributed by atoms with van der Waals surface area (Å²) in [4.78, 5) is 2.29. The SMILES string of the molecule is CCCCCCCCCCC(N)C(C)(CC)N(C)C. The van der Waals surface area contributed by atoms with Crippen LogP contribution in [-0.2, 0) is 0 Å². The van der Waals surface area contributed by atoms with Crippen molar-refractivity contribution in [2.75, 3.05) is 14.1 Å². The topological polar surface area (TPSA) is 29.3 Å². The van der Waals surface area contributed by atoms with Crippen molar-refractivity contribution in [1.29, 1.82) is 0 Å². The highest BCUT2D eigenvalue weighted by atomic mass is 15.2. The van der Waals surface area contributed by atoms with Crippen LogP contribution in [-0.4, -0.2) is 30.6 Å². The van der Waals surface area contributed by atoms with Crippen molar-refractivity contribution >= 4 is 0 Å². The maximum absolute atomic E-state index is 6.40. The van der Waals surface area contributed by atoms with Gasteiger partial charge in [0.05, 0.1) is 0 Å². The van der Waals surface area contributed by atoms with E-state index in [-0.39, 0.29) is 5.54 Å². The molecule has 2 unspecified atom stereocenters. The predicted molar refractivity (Wildman–Crippen MR) is 87.6 cm³/mol. The van der Waals surface area contributed by atoms with E-state index in [0.29, 0.717) is 6.04 Å². The van der Waals surface area contributed by atoms with Crippen molar-refractivity contribution in [2.24, 2.45) is 5.73 Å². The summed E-state index contributed by atoms with van der Waals surface area (Å²) in [6, 6.07) is 0.299. The third-order valence-electron chi connectivity index (χ3n) is 4.90. The summed E-state index contributed by atoms with van der Waals surface area (Å²) >= 11 is 0. The van der Waals surface area contributed by atoms with E-state index in [1.807, 2.05) is 0 Å². The standard InChI is InChI=1S/C17H38N2/c1-6-8-9-10-11-12-13-14-15-16(18)17(3,7-2)19(4)5/h16H,6-15,18H2,1-5H3. The van der Waals surface area contributed by atoms with E-state index in [0.717, 1.165) is 12.8 Å². The molecule has 0 rings (SSSR count). The first-order valence-electron chi connectivity index (χ1n) is 8.42. The van der Waals surface area contributed by atoms with Crippen molar-refractivity contribution in [1.82, 2.24) is 4.90 Å². The van der Waals surface area contributed by atoms with Crippen LogP contribution < -0.4 is 5.73 Å². The zero-order valence-corrected chi connectivity index (χ0v) is 14.2. The molecule has 0 radical (unpaired) electrons. The van der Waals surface area contributed by atoms with Gasteiger partial charge in [-0.1, -0.05) is 65.2 Å². The normalized spacial score (nSPS) is 16.6. The van der Waals surface area contributed by atoms with Crippen LogP contribution in [0.1, 0.15) is 85.0 Å². The minimum atomic E-state index is 0.154. The highest BCUT2D eigenvalue weighted by Crippen LogP contribution is 2.23. The molecule has 0 aliphatic rings. The van der Waals surface area contributed by atoms with Crippen LogP contribution in [0.3, 0.4) is 0 Å². The van der Waals surface area contributed by atoms with E-state index in [1.54, 1.807) is 0 Å². The monoisotopic (exact) mass is 270 g/mol. The van der Waals surface area contributed by atoms with E-state index in [2.05, 4.69) is 39.8 Å². The lowest BCUT2D eigenvalue weighted by Gasteiger charge is -2.41. The van der Waals surface area contributed by atoms with Crippen LogP contribution in [0, 0.1) is 0 Å². The van der Waals surface area contributed by atoms with Crippen LogP contribution in [0.4, 0.5) is 0 Å². The molecule has 2 N–H and O–H groups in total. The van der Waals surface area contributed by atoms with E-state index in [1.165, 1.54) is 51.4 Å². The molecule has 0 aliphatic carbocycles. The number of nitrogens with zero attached hydrogens (tertiary/aromatic N) is 1. The molecule has 0 aromatic rings. The van der Waals surface area contributed by atoms with Gasteiger partial charge in [0.25, 0.3) is 0 Å².